The predicted octanol–water partition coefficient (Wildman–Crippen LogP) is 3.74. The molecule has 7 heteroatoms. The molecule has 1 aromatic heterocycles. The van der Waals surface area contributed by atoms with Crippen LogP contribution in [0.15, 0.2) is 28.3 Å². The molecule has 152 valence electrons. The maximum atomic E-state index is 13.1. The Bertz CT molecular complexity index is 825. The summed E-state index contributed by atoms with van der Waals surface area (Å²) < 4.78 is 26.7. The normalized spacial score (nSPS) is 34.8. The average Bonchev–Trinajstić information content (AvgIpc) is 3.21. The summed E-state index contributed by atoms with van der Waals surface area (Å²) in [5.74, 6) is 3.17. The summed E-state index contributed by atoms with van der Waals surface area (Å²) in [6, 6.07) is 3.39. The smallest absolute Gasteiger partial charge is 0.244 e. The summed E-state index contributed by atoms with van der Waals surface area (Å²) in [4.78, 5) is 17.7. The van der Waals surface area contributed by atoms with Crippen molar-refractivity contribution in [1.82, 2.24) is 9.29 Å². The zero-order valence-electron chi connectivity index (χ0n) is 16.2. The number of carbonyl (C=O) groups is 1. The van der Waals surface area contributed by atoms with Crippen molar-refractivity contribution in [2.45, 2.75) is 61.3 Å². The molecule has 0 radical (unpaired) electrons. The van der Waals surface area contributed by atoms with E-state index in [2.05, 4.69) is 4.98 Å². The van der Waals surface area contributed by atoms with Crippen molar-refractivity contribution in [2.24, 2.45) is 23.2 Å². The molecule has 28 heavy (non-hydrogen) atoms. The quantitative estimate of drug-likeness (QED) is 0.656. The van der Waals surface area contributed by atoms with Gasteiger partial charge in [0.05, 0.1) is 10.8 Å². The van der Waals surface area contributed by atoms with E-state index in [1.807, 2.05) is 0 Å². The van der Waals surface area contributed by atoms with Crippen molar-refractivity contribution < 1.29 is 13.2 Å². The molecule has 6 rings (SSSR count). The van der Waals surface area contributed by atoms with Crippen LogP contribution in [0.1, 0.15) is 51.4 Å². The topological polar surface area (TPSA) is 67.3 Å². The van der Waals surface area contributed by atoms with Crippen LogP contribution in [0.5, 0.6) is 0 Å². The number of carbonyl (C=O) groups excluding carboxylic acids is 1. The van der Waals surface area contributed by atoms with Gasteiger partial charge >= 0.3 is 0 Å². The molecule has 5 nitrogen and oxygen atoms in total. The largest absolute Gasteiger partial charge is 0.298 e. The molecule has 0 spiro atoms. The van der Waals surface area contributed by atoms with Gasteiger partial charge in [-0.15, -0.1) is 0 Å². The van der Waals surface area contributed by atoms with E-state index in [0.717, 1.165) is 54.9 Å². The van der Waals surface area contributed by atoms with E-state index < -0.39 is 10.0 Å². The third kappa shape index (κ3) is 3.33. The monoisotopic (exact) mass is 420 g/mol. The number of rotatable bonds is 6. The lowest BCUT2D eigenvalue weighted by molar-refractivity contribution is -0.141. The van der Waals surface area contributed by atoms with Crippen molar-refractivity contribution in [3.63, 3.8) is 0 Å². The van der Waals surface area contributed by atoms with Crippen LogP contribution in [-0.4, -0.2) is 42.3 Å². The molecule has 0 amide bonds. The zero-order valence-corrected chi connectivity index (χ0v) is 17.8. The molecule has 5 aliphatic rings. The molecule has 1 saturated heterocycles. The summed E-state index contributed by atoms with van der Waals surface area (Å²) in [7, 11) is -3.42. The zero-order chi connectivity index (χ0) is 19.4. The third-order valence-electron chi connectivity index (χ3n) is 7.39. The number of hydrogen-bond acceptors (Lipinski definition) is 5. The molecule has 0 unspecified atom stereocenters. The molecule has 4 aliphatic carbocycles. The van der Waals surface area contributed by atoms with Gasteiger partial charge in [0.25, 0.3) is 0 Å². The van der Waals surface area contributed by atoms with Crippen molar-refractivity contribution in [1.29, 1.82) is 0 Å². The van der Waals surface area contributed by atoms with Gasteiger partial charge in [0.1, 0.15) is 10.7 Å². The highest BCUT2D eigenvalue weighted by Crippen LogP contribution is 2.60. The summed E-state index contributed by atoms with van der Waals surface area (Å²) >= 11 is 1.46. The number of thioether (sulfide) groups is 1. The van der Waals surface area contributed by atoms with Gasteiger partial charge in [-0.3, -0.25) is 4.79 Å². The number of pyridine rings is 1. The molecule has 0 atom stereocenters. The summed E-state index contributed by atoms with van der Waals surface area (Å²) in [6.45, 7) is 1.19. The summed E-state index contributed by atoms with van der Waals surface area (Å²) in [6.07, 6.45) is 10.6. The van der Waals surface area contributed by atoms with Crippen molar-refractivity contribution in [3.8, 4) is 0 Å². The molecular formula is C21H28N2O3S2. The second-order valence-electron chi connectivity index (χ2n) is 9.35. The number of Topliss-reactive ketones (excluding diaryl/α,β-unsaturated/α-hetero) is 1. The Kier molecular flexibility index (Phi) is 4.83. The fourth-order valence-corrected chi connectivity index (χ4v) is 8.77. The van der Waals surface area contributed by atoms with Gasteiger partial charge in [-0.25, -0.2) is 13.4 Å². The Hall–Kier alpha value is -0.920. The van der Waals surface area contributed by atoms with E-state index in [0.29, 0.717) is 24.6 Å². The lowest BCUT2D eigenvalue weighted by Crippen LogP contribution is -2.50. The van der Waals surface area contributed by atoms with Crippen LogP contribution < -0.4 is 0 Å². The highest BCUT2D eigenvalue weighted by atomic mass is 32.2. The van der Waals surface area contributed by atoms with Crippen LogP contribution in [0.2, 0.25) is 0 Å². The predicted molar refractivity (Wildman–Crippen MR) is 109 cm³/mol. The van der Waals surface area contributed by atoms with Gasteiger partial charge in [-0.05, 0) is 81.3 Å². The number of nitrogens with zero attached hydrogens (tertiary/aromatic N) is 2. The Morgan fingerprint density at radius 2 is 1.68 bits per heavy atom. The van der Waals surface area contributed by atoms with E-state index in [-0.39, 0.29) is 10.3 Å². The van der Waals surface area contributed by atoms with Crippen LogP contribution in [0.3, 0.4) is 0 Å². The Morgan fingerprint density at radius 3 is 2.21 bits per heavy atom. The number of aromatic nitrogens is 1. The van der Waals surface area contributed by atoms with Gasteiger partial charge in [0.15, 0.2) is 0 Å². The molecule has 4 saturated carbocycles. The Labute approximate surface area is 171 Å². The number of ketones is 1. The highest BCUT2D eigenvalue weighted by molar-refractivity contribution is 7.99. The maximum absolute atomic E-state index is 13.1. The third-order valence-corrected chi connectivity index (χ3v) is 10.2. The van der Waals surface area contributed by atoms with Crippen molar-refractivity contribution in [3.05, 3.63) is 18.3 Å². The Morgan fingerprint density at radius 1 is 1.07 bits per heavy atom. The minimum Gasteiger partial charge on any atom is -0.298 e. The van der Waals surface area contributed by atoms with Gasteiger partial charge in [-0.1, -0.05) is 11.8 Å². The van der Waals surface area contributed by atoms with Gasteiger partial charge in [0.2, 0.25) is 10.0 Å². The van der Waals surface area contributed by atoms with Crippen LogP contribution in [-0.2, 0) is 14.8 Å². The van der Waals surface area contributed by atoms with Crippen LogP contribution in [0.25, 0.3) is 0 Å². The molecule has 1 aliphatic heterocycles. The average molecular weight is 421 g/mol. The molecule has 0 N–H and O–H groups in total. The van der Waals surface area contributed by atoms with Crippen molar-refractivity contribution >= 4 is 27.6 Å². The molecular weight excluding hydrogens is 392 g/mol. The second-order valence-corrected chi connectivity index (χ2v) is 12.3. The first kappa shape index (κ1) is 19.1. The summed E-state index contributed by atoms with van der Waals surface area (Å²) in [5.41, 5.74) is -0.0687. The standard InChI is InChI=1S/C21H28N2O3S2/c24-19(21-10-15-7-16(11-21)9-17(8-15)12-21)14-27-20-4-3-18(13-22-20)28(25,26)23-5-1-2-6-23/h3-4,13,15-17H,1-2,5-12,14H2. The second kappa shape index (κ2) is 7.10. The lowest BCUT2D eigenvalue weighted by atomic mass is 9.48. The van der Waals surface area contributed by atoms with Crippen LogP contribution in [0, 0.1) is 23.2 Å². The highest BCUT2D eigenvalue weighted by Gasteiger charge is 2.54. The first-order valence-electron chi connectivity index (χ1n) is 10.6. The van der Waals surface area contributed by atoms with E-state index >= 15 is 0 Å². The van der Waals surface area contributed by atoms with Crippen LogP contribution in [0.4, 0.5) is 0 Å². The van der Waals surface area contributed by atoms with E-state index in [9.17, 15) is 13.2 Å². The molecule has 5 fully saturated rings. The van der Waals surface area contributed by atoms with E-state index in [1.165, 1.54) is 41.5 Å². The first-order chi connectivity index (χ1) is 13.4. The lowest BCUT2D eigenvalue weighted by Gasteiger charge is -2.56. The van der Waals surface area contributed by atoms with Crippen molar-refractivity contribution in [2.75, 3.05) is 18.8 Å². The molecule has 1 aromatic rings. The fourth-order valence-electron chi connectivity index (χ4n) is 6.43. The SMILES string of the molecule is O=C(CSc1ccc(S(=O)(=O)N2CCCC2)cn1)C12CC3CC(CC(C3)C1)C2. The van der Waals surface area contributed by atoms with Gasteiger partial charge in [0, 0.05) is 24.7 Å². The van der Waals surface area contributed by atoms with Crippen LogP contribution >= 0.6 is 11.8 Å². The maximum Gasteiger partial charge on any atom is 0.244 e. The van der Waals surface area contributed by atoms with E-state index in [4.69, 9.17) is 0 Å². The fraction of sp³-hybridized carbons (Fsp3) is 0.714. The van der Waals surface area contributed by atoms with Gasteiger partial charge < -0.3 is 0 Å². The Balaban J connectivity index is 1.23. The molecule has 2 heterocycles. The minimum absolute atomic E-state index is 0.0687. The summed E-state index contributed by atoms with van der Waals surface area (Å²) in [5, 5.41) is 0.735. The first-order valence-corrected chi connectivity index (χ1v) is 13.0. The molecule has 0 aromatic carbocycles. The molecule has 4 bridgehead atoms. The van der Waals surface area contributed by atoms with Gasteiger partial charge in [-0.2, -0.15) is 4.31 Å². The number of hydrogen-bond donors (Lipinski definition) is 0. The number of sulfonamides is 1. The minimum atomic E-state index is -3.42. The van der Waals surface area contributed by atoms with E-state index in [1.54, 1.807) is 12.1 Å².